The Hall–Kier alpha value is 0.0738. The molecule has 0 fully saturated rings. The van der Waals surface area contributed by atoms with Crippen LogP contribution in [0.4, 0.5) is 17.6 Å². The topological polar surface area (TPSA) is 18.5 Å². The van der Waals surface area contributed by atoms with Gasteiger partial charge in [0.2, 0.25) is 0 Å². The Morgan fingerprint density at radius 3 is 0.938 bits per heavy atom. The summed E-state index contributed by atoms with van der Waals surface area (Å²) in [6.45, 7) is 8.45. The standard InChI is InChI=1S/C8H18F4O2Si2/c1-15(2,3)13-7(9,10)8(11,12)14-16(4,5)6/h1-6H3. The molecule has 0 aromatic heterocycles. The number of hydrogen-bond acceptors (Lipinski definition) is 2. The Morgan fingerprint density at radius 1 is 0.625 bits per heavy atom. The summed E-state index contributed by atoms with van der Waals surface area (Å²) in [5, 5.41) is 0. The first-order valence-electron chi connectivity index (χ1n) is 4.82. The maximum Gasteiger partial charge on any atom is 0.437 e. The Bertz CT molecular complexity index is 219. The average molecular weight is 278 g/mol. The molecule has 0 radical (unpaired) electrons. The molecule has 16 heavy (non-hydrogen) atoms. The molecule has 0 aliphatic rings. The lowest BCUT2D eigenvalue weighted by Crippen LogP contribution is -2.53. The lowest BCUT2D eigenvalue weighted by atomic mass is 10.6. The number of rotatable bonds is 5. The molecule has 0 rings (SSSR count). The van der Waals surface area contributed by atoms with Crippen LogP contribution in [-0.4, -0.2) is 28.9 Å². The van der Waals surface area contributed by atoms with Gasteiger partial charge in [0.25, 0.3) is 0 Å². The van der Waals surface area contributed by atoms with Crippen LogP contribution >= 0.6 is 0 Å². The molecule has 0 aromatic carbocycles. The van der Waals surface area contributed by atoms with Crippen LogP contribution in [0.25, 0.3) is 0 Å². The fourth-order valence-corrected chi connectivity index (χ4v) is 2.66. The highest BCUT2D eigenvalue weighted by Gasteiger charge is 2.62. The summed E-state index contributed by atoms with van der Waals surface area (Å²) in [7, 11) is -5.54. The van der Waals surface area contributed by atoms with E-state index in [0.717, 1.165) is 0 Å². The minimum Gasteiger partial charge on any atom is -0.356 e. The van der Waals surface area contributed by atoms with Crippen molar-refractivity contribution in [2.75, 3.05) is 0 Å². The Morgan fingerprint density at radius 2 is 0.812 bits per heavy atom. The first-order chi connectivity index (χ1) is 6.66. The summed E-state index contributed by atoms with van der Waals surface area (Å²) < 4.78 is 61.1. The smallest absolute Gasteiger partial charge is 0.356 e. The summed E-state index contributed by atoms with van der Waals surface area (Å²) in [5.41, 5.74) is 0. The van der Waals surface area contributed by atoms with Gasteiger partial charge in [-0.2, -0.15) is 17.6 Å². The zero-order chi connectivity index (χ0) is 13.4. The number of alkyl halides is 4. The van der Waals surface area contributed by atoms with Gasteiger partial charge >= 0.3 is 12.2 Å². The highest BCUT2D eigenvalue weighted by atomic mass is 28.4. The van der Waals surface area contributed by atoms with Crippen LogP contribution in [0.2, 0.25) is 39.3 Å². The second-order valence-electron chi connectivity index (χ2n) is 5.46. The van der Waals surface area contributed by atoms with Gasteiger partial charge in [0.15, 0.2) is 16.6 Å². The molecule has 98 valence electrons. The van der Waals surface area contributed by atoms with Crippen LogP contribution in [0.1, 0.15) is 0 Å². The third kappa shape index (κ3) is 5.42. The summed E-state index contributed by atoms with van der Waals surface area (Å²) in [6, 6.07) is 0. The van der Waals surface area contributed by atoms with Gasteiger partial charge in [-0.3, -0.25) is 0 Å². The Kier molecular flexibility index (Phi) is 4.41. The van der Waals surface area contributed by atoms with Crippen molar-refractivity contribution in [3.8, 4) is 0 Å². The number of halogens is 4. The molecule has 0 unspecified atom stereocenters. The lowest BCUT2D eigenvalue weighted by molar-refractivity contribution is -0.387. The first-order valence-corrected chi connectivity index (χ1v) is 11.6. The fraction of sp³-hybridized carbons (Fsp3) is 1.00. The molecule has 0 atom stereocenters. The van der Waals surface area contributed by atoms with Gasteiger partial charge in [0, 0.05) is 0 Å². The molecule has 8 heteroatoms. The summed E-state index contributed by atoms with van der Waals surface area (Å²) in [4.78, 5) is 0. The predicted octanol–water partition coefficient (Wildman–Crippen LogP) is 3.88. The van der Waals surface area contributed by atoms with Gasteiger partial charge in [0.1, 0.15) is 0 Å². The van der Waals surface area contributed by atoms with E-state index in [1.54, 1.807) is 0 Å². The lowest BCUT2D eigenvalue weighted by Gasteiger charge is -2.34. The predicted molar refractivity (Wildman–Crippen MR) is 58.8 cm³/mol. The molecular formula is C8H18F4O2Si2. The van der Waals surface area contributed by atoms with Gasteiger partial charge in [0.05, 0.1) is 0 Å². The van der Waals surface area contributed by atoms with Crippen LogP contribution < -0.4 is 0 Å². The van der Waals surface area contributed by atoms with E-state index in [0.29, 0.717) is 0 Å². The van der Waals surface area contributed by atoms with E-state index in [4.69, 9.17) is 0 Å². The third-order valence-corrected chi connectivity index (χ3v) is 2.95. The zero-order valence-electron chi connectivity index (χ0n) is 10.3. The molecule has 0 bridgehead atoms. The maximum atomic E-state index is 13.2. The van der Waals surface area contributed by atoms with Crippen molar-refractivity contribution < 1.29 is 26.4 Å². The fourth-order valence-electron chi connectivity index (χ4n) is 0.888. The minimum absolute atomic E-state index is 1.41. The van der Waals surface area contributed by atoms with E-state index in [-0.39, 0.29) is 0 Å². The highest BCUT2D eigenvalue weighted by Crippen LogP contribution is 2.40. The van der Waals surface area contributed by atoms with Crippen LogP contribution in [0.5, 0.6) is 0 Å². The quantitative estimate of drug-likeness (QED) is 0.561. The second-order valence-corrected chi connectivity index (χ2v) is 14.3. The van der Waals surface area contributed by atoms with Crippen molar-refractivity contribution in [1.82, 2.24) is 0 Å². The molecule has 0 aromatic rings. The Balaban J connectivity index is 4.85. The monoisotopic (exact) mass is 278 g/mol. The van der Waals surface area contributed by atoms with Crippen LogP contribution in [-0.2, 0) is 8.85 Å². The molecule has 0 N–H and O–H groups in total. The van der Waals surface area contributed by atoms with E-state index < -0.39 is 28.9 Å². The van der Waals surface area contributed by atoms with Crippen molar-refractivity contribution in [2.24, 2.45) is 0 Å². The van der Waals surface area contributed by atoms with Crippen LogP contribution in [0, 0.1) is 0 Å². The van der Waals surface area contributed by atoms with Gasteiger partial charge in [-0.25, -0.2) is 0 Å². The van der Waals surface area contributed by atoms with Crippen molar-refractivity contribution in [3.63, 3.8) is 0 Å². The van der Waals surface area contributed by atoms with Gasteiger partial charge in [-0.05, 0) is 39.3 Å². The summed E-state index contributed by atoms with van der Waals surface area (Å²) in [6.07, 6.45) is -9.14. The average Bonchev–Trinajstić information content (AvgIpc) is 1.72. The SMILES string of the molecule is C[Si](C)(C)OC(F)(F)C(F)(F)O[Si](C)(C)C. The second kappa shape index (κ2) is 4.39. The van der Waals surface area contributed by atoms with Gasteiger partial charge in [-0.1, -0.05) is 0 Å². The van der Waals surface area contributed by atoms with Crippen LogP contribution in [0.3, 0.4) is 0 Å². The molecule has 0 saturated heterocycles. The van der Waals surface area contributed by atoms with Crippen molar-refractivity contribution >= 4 is 16.6 Å². The molecule has 0 aliphatic heterocycles. The molecule has 0 saturated carbocycles. The van der Waals surface area contributed by atoms with Crippen LogP contribution in [0.15, 0.2) is 0 Å². The van der Waals surface area contributed by atoms with E-state index >= 15 is 0 Å². The molecule has 0 amide bonds. The van der Waals surface area contributed by atoms with E-state index in [1.807, 2.05) is 0 Å². The van der Waals surface area contributed by atoms with Crippen molar-refractivity contribution in [1.29, 1.82) is 0 Å². The molecular weight excluding hydrogens is 260 g/mol. The summed E-state index contributed by atoms with van der Waals surface area (Å²) in [5.74, 6) is 0. The van der Waals surface area contributed by atoms with E-state index in [9.17, 15) is 17.6 Å². The van der Waals surface area contributed by atoms with Crippen molar-refractivity contribution in [2.45, 2.75) is 51.5 Å². The Labute approximate surface area is 95.2 Å². The maximum absolute atomic E-state index is 13.2. The normalized spacial score (nSPS) is 15.4. The summed E-state index contributed by atoms with van der Waals surface area (Å²) >= 11 is 0. The highest BCUT2D eigenvalue weighted by molar-refractivity contribution is 6.70. The minimum atomic E-state index is -4.57. The van der Waals surface area contributed by atoms with Gasteiger partial charge in [-0.15, -0.1) is 0 Å². The molecule has 2 nitrogen and oxygen atoms in total. The molecule has 0 spiro atoms. The third-order valence-electron chi connectivity index (χ3n) is 1.21. The van der Waals surface area contributed by atoms with Gasteiger partial charge < -0.3 is 8.85 Å². The largest absolute Gasteiger partial charge is 0.437 e. The van der Waals surface area contributed by atoms with E-state index in [2.05, 4.69) is 8.85 Å². The number of hydrogen-bond donors (Lipinski definition) is 0. The van der Waals surface area contributed by atoms with Crippen molar-refractivity contribution in [3.05, 3.63) is 0 Å². The van der Waals surface area contributed by atoms with E-state index in [1.165, 1.54) is 39.3 Å². The molecule has 0 heterocycles. The zero-order valence-corrected chi connectivity index (χ0v) is 12.3. The molecule has 0 aliphatic carbocycles. The first kappa shape index (κ1) is 16.1.